The maximum Gasteiger partial charge on any atom is 0.409 e. The van der Waals surface area contributed by atoms with E-state index in [9.17, 15) is 19.2 Å². The molecule has 0 aromatic carbocycles. The van der Waals surface area contributed by atoms with E-state index >= 15 is 0 Å². The highest BCUT2D eigenvalue weighted by Gasteiger charge is 2.35. The summed E-state index contributed by atoms with van der Waals surface area (Å²) in [4.78, 5) is 65.2. The molecule has 0 aromatic heterocycles. The minimum Gasteiger partial charge on any atom is -0.450 e. The summed E-state index contributed by atoms with van der Waals surface area (Å²) in [6, 6.07) is 0. The van der Waals surface area contributed by atoms with E-state index in [1.165, 1.54) is 0 Å². The van der Waals surface area contributed by atoms with Crippen LogP contribution in [-0.4, -0.2) is 295 Å². The molecule has 4 aliphatic rings. The van der Waals surface area contributed by atoms with Crippen molar-refractivity contribution in [3.63, 3.8) is 0 Å². The lowest BCUT2D eigenvalue weighted by Gasteiger charge is -2.37. The van der Waals surface area contributed by atoms with Crippen molar-refractivity contribution >= 4 is 74.9 Å². The number of hydrogen-bond acceptors (Lipinski definition) is 20. The van der Waals surface area contributed by atoms with E-state index in [0.29, 0.717) is 131 Å². The second-order valence-electron chi connectivity index (χ2n) is 18.1. The molecule has 24 heteroatoms. The summed E-state index contributed by atoms with van der Waals surface area (Å²) in [6.45, 7) is 24.5. The number of ether oxygens (including phenoxy) is 8. The average molecular weight is 1060 g/mol. The minimum absolute atomic E-state index is 0.0945. The van der Waals surface area contributed by atoms with Crippen LogP contribution < -0.4 is 0 Å². The first-order chi connectivity index (χ1) is 33.3. The Morgan fingerprint density at radius 2 is 0.551 bits per heavy atom. The molecule has 4 heterocycles. The molecule has 0 spiro atoms. The van der Waals surface area contributed by atoms with Gasteiger partial charge < -0.3 is 57.5 Å². The normalized spacial score (nSPS) is 20.8. The van der Waals surface area contributed by atoms with Crippen molar-refractivity contribution in [2.45, 2.75) is 48.7 Å². The Morgan fingerprint density at radius 3 is 0.725 bits per heavy atom. The van der Waals surface area contributed by atoms with Crippen LogP contribution in [0.2, 0.25) is 0 Å². The van der Waals surface area contributed by atoms with Crippen molar-refractivity contribution < 1.29 is 57.1 Å². The summed E-state index contributed by atoms with van der Waals surface area (Å²) < 4.78 is 46.9. The molecule has 400 valence electrons. The van der Waals surface area contributed by atoms with Gasteiger partial charge in [0.15, 0.2) is 0 Å². The molecule has 4 fully saturated rings. The first kappa shape index (κ1) is 59.7. The fraction of sp³-hybridized carbons (Fsp3) is 0.911. The van der Waals surface area contributed by atoms with E-state index in [2.05, 4.69) is 19.6 Å². The van der Waals surface area contributed by atoms with E-state index in [1.54, 1.807) is 19.6 Å². The molecule has 4 saturated heterocycles. The highest BCUT2D eigenvalue weighted by atomic mass is 32.1. The van der Waals surface area contributed by atoms with Gasteiger partial charge in [-0.1, -0.05) is 0 Å². The van der Waals surface area contributed by atoms with Crippen molar-refractivity contribution in [3.8, 4) is 0 Å². The zero-order chi connectivity index (χ0) is 50.0. The van der Waals surface area contributed by atoms with Gasteiger partial charge in [-0.15, -0.1) is 0 Å². The Balaban J connectivity index is 1.39. The Bertz CT molecular complexity index is 1260. The van der Waals surface area contributed by atoms with Crippen molar-refractivity contribution in [2.75, 3.05) is 210 Å². The predicted molar refractivity (Wildman–Crippen MR) is 277 cm³/mol. The smallest absolute Gasteiger partial charge is 0.409 e. The van der Waals surface area contributed by atoms with E-state index < -0.39 is 5.41 Å². The van der Waals surface area contributed by atoms with Gasteiger partial charge in [0, 0.05) is 152 Å². The number of thiol groups is 4. The highest BCUT2D eigenvalue weighted by molar-refractivity contribution is 7.81. The molecule has 4 unspecified atom stereocenters. The van der Waals surface area contributed by atoms with Crippen molar-refractivity contribution in [1.82, 2.24) is 39.2 Å². The largest absolute Gasteiger partial charge is 0.450 e. The molecule has 4 amide bonds. The lowest BCUT2D eigenvalue weighted by molar-refractivity contribution is -0.107. The average Bonchev–Trinajstić information content (AvgIpc) is 3.32. The molecular formula is C45H84N8O12S4. The third-order valence-electron chi connectivity index (χ3n) is 12.3. The summed E-state index contributed by atoms with van der Waals surface area (Å²) in [5, 5.41) is -0.378. The molecule has 0 saturated carbocycles. The van der Waals surface area contributed by atoms with E-state index in [-0.39, 0.29) is 71.8 Å². The van der Waals surface area contributed by atoms with E-state index in [0.717, 1.165) is 52.4 Å². The van der Waals surface area contributed by atoms with Gasteiger partial charge in [0.1, 0.15) is 0 Å². The molecular weight excluding hydrogens is 973 g/mol. The number of hydrogen-bond donors (Lipinski definition) is 4. The number of amides is 4. The SMILES string of the molecule is CCOC(=O)N1CCN(CC(S)COCC(COCC(S)CN2CCN(C(=O)OCC)CC2)(COCC(S)CN2CCN(C(=O)OCC)CC2)COCC(S)CN2CCN(C(=O)OCC)CC2)CC1. The Labute approximate surface area is 433 Å². The van der Waals surface area contributed by atoms with Crippen LogP contribution in [0.3, 0.4) is 0 Å². The molecule has 0 radical (unpaired) electrons. The molecule has 4 aliphatic heterocycles. The molecule has 20 nitrogen and oxygen atoms in total. The number of carbonyl (C=O) groups excluding carboxylic acids is 4. The lowest BCUT2D eigenvalue weighted by atomic mass is 9.92. The monoisotopic (exact) mass is 1060 g/mol. The van der Waals surface area contributed by atoms with Crippen LogP contribution in [0, 0.1) is 5.41 Å². The topological polar surface area (TPSA) is 168 Å². The van der Waals surface area contributed by atoms with Crippen LogP contribution in [0.25, 0.3) is 0 Å². The Hall–Kier alpha value is -1.84. The van der Waals surface area contributed by atoms with Crippen molar-refractivity contribution in [3.05, 3.63) is 0 Å². The van der Waals surface area contributed by atoms with E-state index in [1.807, 2.05) is 27.7 Å². The van der Waals surface area contributed by atoms with Crippen LogP contribution >= 0.6 is 50.5 Å². The van der Waals surface area contributed by atoms with Crippen LogP contribution in [0.1, 0.15) is 27.7 Å². The molecule has 0 aliphatic carbocycles. The second kappa shape index (κ2) is 33.1. The van der Waals surface area contributed by atoms with Crippen molar-refractivity contribution in [2.24, 2.45) is 5.41 Å². The maximum atomic E-state index is 12.3. The van der Waals surface area contributed by atoms with Gasteiger partial charge in [-0.25, -0.2) is 19.2 Å². The van der Waals surface area contributed by atoms with Crippen LogP contribution in [-0.2, 0) is 37.9 Å². The van der Waals surface area contributed by atoms with Gasteiger partial charge >= 0.3 is 24.4 Å². The van der Waals surface area contributed by atoms with Crippen LogP contribution in [0.15, 0.2) is 0 Å². The number of rotatable bonds is 28. The van der Waals surface area contributed by atoms with Gasteiger partial charge in [-0.2, -0.15) is 50.5 Å². The van der Waals surface area contributed by atoms with Gasteiger partial charge in [-0.05, 0) is 27.7 Å². The zero-order valence-electron chi connectivity index (χ0n) is 41.7. The van der Waals surface area contributed by atoms with Gasteiger partial charge in [0.2, 0.25) is 0 Å². The van der Waals surface area contributed by atoms with Gasteiger partial charge in [0.05, 0.1) is 84.7 Å². The molecule has 0 aromatic rings. The number of nitrogens with zero attached hydrogens (tertiary/aromatic N) is 8. The number of piperazine rings is 4. The Kier molecular flexibility index (Phi) is 28.6. The highest BCUT2D eigenvalue weighted by Crippen LogP contribution is 2.24. The van der Waals surface area contributed by atoms with E-state index in [4.69, 9.17) is 88.4 Å². The lowest BCUT2D eigenvalue weighted by Crippen LogP contribution is -2.51. The summed E-state index contributed by atoms with van der Waals surface area (Å²) in [7, 11) is 0. The number of carbonyl (C=O) groups is 4. The summed E-state index contributed by atoms with van der Waals surface area (Å²) in [6.07, 6.45) is -1.11. The van der Waals surface area contributed by atoms with Gasteiger partial charge in [0.25, 0.3) is 0 Å². The quantitative estimate of drug-likeness (QED) is 0.0666. The Morgan fingerprint density at radius 1 is 0.362 bits per heavy atom. The second-order valence-corrected chi connectivity index (χ2v) is 21.0. The molecule has 4 atom stereocenters. The van der Waals surface area contributed by atoms with Crippen LogP contribution in [0.5, 0.6) is 0 Å². The fourth-order valence-electron chi connectivity index (χ4n) is 8.61. The molecule has 4 rings (SSSR count). The molecule has 0 bridgehead atoms. The predicted octanol–water partition coefficient (Wildman–Crippen LogP) is 2.33. The third kappa shape index (κ3) is 22.4. The first-order valence-corrected chi connectivity index (χ1v) is 26.9. The minimum atomic E-state index is -0.727. The summed E-state index contributed by atoms with van der Waals surface area (Å²) in [5.41, 5.74) is -0.727. The standard InChI is InChI=1S/C45H84N8O12S4/c1-5-62-41(54)50-17-9-46(10-18-50)25-37(66)29-58-33-45(34-59-30-38(67)26-47-11-19-51(20-12-47)42(55)63-6-2,35-60-31-39(68)27-48-13-21-52(22-14-48)43(56)64-7-3)36-61-32-40(69)28-49-15-23-53(24-16-49)44(57)65-8-4/h37-40,66-69H,5-36H2,1-4H3. The van der Waals surface area contributed by atoms with Crippen molar-refractivity contribution in [1.29, 1.82) is 0 Å². The maximum absolute atomic E-state index is 12.3. The van der Waals surface area contributed by atoms with Gasteiger partial charge in [-0.3, -0.25) is 19.6 Å². The fourth-order valence-corrected chi connectivity index (χ4v) is 9.96. The zero-order valence-corrected chi connectivity index (χ0v) is 45.3. The molecule has 0 N–H and O–H groups in total. The summed E-state index contributed by atoms with van der Waals surface area (Å²) in [5.74, 6) is 0. The summed E-state index contributed by atoms with van der Waals surface area (Å²) >= 11 is 19.7. The molecule has 69 heavy (non-hydrogen) atoms. The van der Waals surface area contributed by atoms with Crippen LogP contribution in [0.4, 0.5) is 19.2 Å². The third-order valence-corrected chi connectivity index (χ3v) is 13.6. The first-order valence-electron chi connectivity index (χ1n) is 24.9.